The molecule has 0 aliphatic carbocycles. The summed E-state index contributed by atoms with van der Waals surface area (Å²) in [7, 11) is 0. The van der Waals surface area contributed by atoms with E-state index < -0.39 is 5.57 Å². The van der Waals surface area contributed by atoms with Crippen LogP contribution in [0.15, 0.2) is 12.2 Å². The third-order valence-corrected chi connectivity index (χ3v) is 7.12. The second-order valence-electron chi connectivity index (χ2n) is 2.94. The molecule has 0 heterocycles. The van der Waals surface area contributed by atoms with E-state index in [1.165, 1.54) is 18.5 Å². The quantitative estimate of drug-likeness (QED) is 0.313. The van der Waals surface area contributed by atoms with Gasteiger partial charge < -0.3 is 0 Å². The Labute approximate surface area is 78.3 Å². The molecule has 0 spiro atoms. The lowest BCUT2D eigenvalue weighted by Gasteiger charge is -2.15. The Morgan fingerprint density at radius 2 is 2.10 bits per heavy atom. The van der Waals surface area contributed by atoms with Crippen LogP contribution in [-0.2, 0) is 0 Å². The van der Waals surface area contributed by atoms with Gasteiger partial charge in [-0.25, -0.2) is 0 Å². The first kappa shape index (κ1) is 10.7. The maximum absolute atomic E-state index is 2.69. The molecule has 60 valence electrons. The summed E-state index contributed by atoms with van der Waals surface area (Å²) in [6, 6.07) is 2.80. The average molecular weight is 268 g/mol. The molecular weight excluding hydrogens is 251 g/mol. The lowest BCUT2D eigenvalue weighted by molar-refractivity contribution is 1.06. The summed E-state index contributed by atoms with van der Waals surface area (Å²) >= 11 is 2.69. The van der Waals surface area contributed by atoms with E-state index in [0.29, 0.717) is 0 Å². The first-order valence-corrected chi connectivity index (χ1v) is 9.95. The molecule has 0 aromatic carbocycles. The predicted molar refractivity (Wildman–Crippen MR) is 60.4 cm³/mol. The summed E-state index contributed by atoms with van der Waals surface area (Å²) in [5, 5.41) is 0. The maximum atomic E-state index is 2.69. The van der Waals surface area contributed by atoms with E-state index in [-0.39, 0.29) is 0 Å². The predicted octanol–water partition coefficient (Wildman–Crippen LogP) is 3.98. The zero-order valence-corrected chi connectivity index (χ0v) is 10.3. The van der Waals surface area contributed by atoms with Crippen LogP contribution >= 0.6 is 21.8 Å². The summed E-state index contributed by atoms with van der Waals surface area (Å²) in [6.07, 6.45) is 5.83. The second kappa shape index (κ2) is 5.35. The molecular formula is C8H17ISi. The fourth-order valence-electron chi connectivity index (χ4n) is 0.987. The number of hydrogen-bond acceptors (Lipinski definition) is 0. The van der Waals surface area contributed by atoms with Crippen LogP contribution in [-0.4, -0.2) is 5.57 Å². The molecule has 0 nitrogen and oxygen atoms in total. The first-order chi connectivity index (χ1) is 4.62. The zero-order chi connectivity index (χ0) is 8.04. The fourth-order valence-corrected chi connectivity index (χ4v) is 5.34. The van der Waals surface area contributed by atoms with E-state index in [4.69, 9.17) is 0 Å². The van der Waals surface area contributed by atoms with Crippen molar-refractivity contribution >= 4 is 27.4 Å². The molecule has 0 rings (SSSR count). The largest absolute Gasteiger partial charge is 0.126 e. The van der Waals surface area contributed by atoms with Crippen molar-refractivity contribution in [1.82, 2.24) is 0 Å². The normalized spacial score (nSPS) is 17.6. The van der Waals surface area contributed by atoms with Gasteiger partial charge in [0, 0.05) is 0 Å². The Balaban J connectivity index is 3.62. The molecule has 0 radical (unpaired) electrons. The van der Waals surface area contributed by atoms with Crippen molar-refractivity contribution in [2.45, 2.75) is 38.9 Å². The minimum absolute atomic E-state index is 0.841. The maximum Gasteiger partial charge on any atom is 0.126 e. The standard InChI is InChI=1S/C8H17ISi/c1-4-6-8-10(3,9)7-5-2/h4,6H,5,7-8H2,1-3H3/b6-4+. The number of halogens is 1. The van der Waals surface area contributed by atoms with E-state index in [1.54, 1.807) is 0 Å². The van der Waals surface area contributed by atoms with Crippen molar-refractivity contribution in [3.8, 4) is 0 Å². The van der Waals surface area contributed by atoms with Gasteiger partial charge in [-0.05, 0) is 19.0 Å². The Morgan fingerprint density at radius 3 is 2.50 bits per heavy atom. The summed E-state index contributed by atoms with van der Waals surface area (Å²) < 4.78 is 0. The van der Waals surface area contributed by atoms with Crippen molar-refractivity contribution in [2.75, 3.05) is 0 Å². The van der Waals surface area contributed by atoms with E-state index in [1.807, 2.05) is 0 Å². The van der Waals surface area contributed by atoms with E-state index in [9.17, 15) is 0 Å². The lowest BCUT2D eigenvalue weighted by atomic mass is 10.6. The molecule has 0 N–H and O–H groups in total. The van der Waals surface area contributed by atoms with Gasteiger partial charge in [-0.15, -0.1) is 21.8 Å². The highest BCUT2D eigenvalue weighted by atomic mass is 127. The minimum Gasteiger partial charge on any atom is -0.119 e. The van der Waals surface area contributed by atoms with Crippen molar-refractivity contribution in [3.63, 3.8) is 0 Å². The Morgan fingerprint density at radius 1 is 1.50 bits per heavy atom. The van der Waals surface area contributed by atoms with Crippen LogP contribution in [0.2, 0.25) is 18.6 Å². The molecule has 0 saturated heterocycles. The van der Waals surface area contributed by atoms with Gasteiger partial charge in [0.1, 0.15) is 5.57 Å². The molecule has 1 atom stereocenters. The molecule has 0 aliphatic heterocycles. The van der Waals surface area contributed by atoms with Gasteiger partial charge >= 0.3 is 0 Å². The van der Waals surface area contributed by atoms with Gasteiger partial charge in [0.05, 0.1) is 0 Å². The van der Waals surface area contributed by atoms with E-state index >= 15 is 0 Å². The monoisotopic (exact) mass is 268 g/mol. The van der Waals surface area contributed by atoms with Crippen molar-refractivity contribution < 1.29 is 0 Å². The molecule has 0 fully saturated rings. The smallest absolute Gasteiger partial charge is 0.119 e. The number of allylic oxidation sites excluding steroid dienone is 2. The fraction of sp³-hybridized carbons (Fsp3) is 0.750. The van der Waals surface area contributed by atoms with Crippen molar-refractivity contribution in [3.05, 3.63) is 12.2 Å². The third kappa shape index (κ3) is 5.47. The third-order valence-electron chi connectivity index (χ3n) is 1.55. The minimum atomic E-state index is -0.841. The molecule has 10 heavy (non-hydrogen) atoms. The van der Waals surface area contributed by atoms with Crippen LogP contribution in [0.3, 0.4) is 0 Å². The molecule has 0 bridgehead atoms. The highest BCUT2D eigenvalue weighted by Gasteiger charge is 2.19. The van der Waals surface area contributed by atoms with Gasteiger partial charge in [-0.1, -0.05) is 32.0 Å². The topological polar surface area (TPSA) is 0 Å². The first-order valence-electron chi connectivity index (χ1n) is 3.92. The highest BCUT2D eigenvalue weighted by molar-refractivity contribution is 14.1. The second-order valence-corrected chi connectivity index (χ2v) is 14.5. The SMILES string of the molecule is C/C=C/C[Si](C)(I)CCC. The summed E-state index contributed by atoms with van der Waals surface area (Å²) in [4.78, 5) is 0. The van der Waals surface area contributed by atoms with Crippen LogP contribution in [0, 0.1) is 0 Å². The molecule has 0 amide bonds. The lowest BCUT2D eigenvalue weighted by Crippen LogP contribution is -2.18. The van der Waals surface area contributed by atoms with E-state index in [0.717, 1.165) is 0 Å². The van der Waals surface area contributed by atoms with Crippen LogP contribution in [0.5, 0.6) is 0 Å². The van der Waals surface area contributed by atoms with Gasteiger partial charge in [-0.2, -0.15) is 0 Å². The van der Waals surface area contributed by atoms with Crippen LogP contribution < -0.4 is 0 Å². The molecule has 0 aromatic heterocycles. The number of hydrogen-bond donors (Lipinski definition) is 0. The number of rotatable bonds is 4. The Bertz CT molecular complexity index is 108. The average Bonchev–Trinajstić information content (AvgIpc) is 1.84. The van der Waals surface area contributed by atoms with Crippen LogP contribution in [0.4, 0.5) is 0 Å². The summed E-state index contributed by atoms with van der Waals surface area (Å²) in [6.45, 7) is 6.84. The summed E-state index contributed by atoms with van der Waals surface area (Å²) in [5.74, 6) is 0. The molecule has 2 heteroatoms. The zero-order valence-electron chi connectivity index (χ0n) is 7.15. The van der Waals surface area contributed by atoms with Gasteiger partial charge in [0.25, 0.3) is 0 Å². The van der Waals surface area contributed by atoms with E-state index in [2.05, 4.69) is 54.3 Å². The van der Waals surface area contributed by atoms with Crippen LogP contribution in [0.25, 0.3) is 0 Å². The molecule has 0 saturated carbocycles. The van der Waals surface area contributed by atoms with Crippen LogP contribution in [0.1, 0.15) is 20.3 Å². The van der Waals surface area contributed by atoms with Crippen molar-refractivity contribution in [2.24, 2.45) is 0 Å². The summed E-state index contributed by atoms with van der Waals surface area (Å²) in [5.41, 5.74) is -0.841. The van der Waals surface area contributed by atoms with Gasteiger partial charge in [0.15, 0.2) is 0 Å². The van der Waals surface area contributed by atoms with Gasteiger partial charge in [0.2, 0.25) is 0 Å². The Kier molecular flexibility index (Phi) is 5.72. The molecule has 0 aliphatic rings. The molecule has 1 unspecified atom stereocenters. The molecule has 0 aromatic rings. The highest BCUT2D eigenvalue weighted by Crippen LogP contribution is 2.25. The van der Waals surface area contributed by atoms with Crippen molar-refractivity contribution in [1.29, 1.82) is 0 Å². The Hall–Kier alpha value is 0.687. The van der Waals surface area contributed by atoms with Gasteiger partial charge in [-0.3, -0.25) is 0 Å².